The highest BCUT2D eigenvalue weighted by Crippen LogP contribution is 2.36. The van der Waals surface area contributed by atoms with Gasteiger partial charge in [-0.1, -0.05) is 41.5 Å². The van der Waals surface area contributed by atoms with Crippen molar-refractivity contribution < 1.29 is 38.2 Å². The minimum atomic E-state index is -0.303. The van der Waals surface area contributed by atoms with E-state index in [2.05, 4.69) is 5.32 Å². The summed E-state index contributed by atoms with van der Waals surface area (Å²) < 4.78 is 10.9. The van der Waals surface area contributed by atoms with Crippen molar-refractivity contribution in [2.24, 2.45) is 22.7 Å². The molecule has 42 heavy (non-hydrogen) atoms. The Bertz CT molecular complexity index is 904. The number of carbonyl (C=O) groups excluding carboxylic acids is 6. The lowest BCUT2D eigenvalue weighted by molar-refractivity contribution is -0.142. The van der Waals surface area contributed by atoms with Crippen LogP contribution in [0, 0.1) is 22.7 Å². The average Bonchev–Trinajstić information content (AvgIpc) is 3.35. The average molecular weight is 594 g/mol. The Morgan fingerprint density at radius 1 is 0.690 bits per heavy atom. The smallest absolute Gasteiger partial charge is 0.233 e. The van der Waals surface area contributed by atoms with E-state index in [0.717, 1.165) is 0 Å². The van der Waals surface area contributed by atoms with E-state index >= 15 is 0 Å². The molecule has 2 unspecified atom stereocenters. The summed E-state index contributed by atoms with van der Waals surface area (Å²) in [6, 6.07) is 0. The number of likely N-dealkylation sites (tertiary alicyclic amines) is 2. The molecule has 11 heteroatoms. The van der Waals surface area contributed by atoms with Gasteiger partial charge in [0, 0.05) is 58.3 Å². The molecule has 0 radical (unpaired) electrons. The van der Waals surface area contributed by atoms with Crippen molar-refractivity contribution in [1.29, 1.82) is 0 Å². The van der Waals surface area contributed by atoms with E-state index in [4.69, 9.17) is 9.47 Å². The third kappa shape index (κ3) is 11.2. The second kappa shape index (κ2) is 16.3. The summed E-state index contributed by atoms with van der Waals surface area (Å²) in [6.07, 6.45) is 2.92. The molecule has 0 spiro atoms. The van der Waals surface area contributed by atoms with Crippen LogP contribution in [0.15, 0.2) is 0 Å². The lowest BCUT2D eigenvalue weighted by atomic mass is 9.80. The first-order valence-corrected chi connectivity index (χ1v) is 15.2. The monoisotopic (exact) mass is 593 g/mol. The fraction of sp³-hybridized carbons (Fsp3) is 0.806. The van der Waals surface area contributed by atoms with E-state index in [1.807, 2.05) is 41.5 Å². The molecule has 0 bridgehead atoms. The van der Waals surface area contributed by atoms with Gasteiger partial charge in [-0.15, -0.1) is 0 Å². The third-order valence-corrected chi connectivity index (χ3v) is 7.89. The van der Waals surface area contributed by atoms with Gasteiger partial charge < -0.3 is 14.8 Å². The van der Waals surface area contributed by atoms with E-state index in [0.29, 0.717) is 71.6 Å². The van der Waals surface area contributed by atoms with Gasteiger partial charge >= 0.3 is 0 Å². The third-order valence-electron chi connectivity index (χ3n) is 7.89. The fourth-order valence-corrected chi connectivity index (χ4v) is 5.19. The van der Waals surface area contributed by atoms with Crippen molar-refractivity contribution in [3.05, 3.63) is 0 Å². The van der Waals surface area contributed by atoms with Crippen LogP contribution in [0.2, 0.25) is 0 Å². The second-order valence-corrected chi connectivity index (χ2v) is 13.4. The number of hydrogen-bond donors (Lipinski definition) is 1. The first-order chi connectivity index (χ1) is 19.6. The van der Waals surface area contributed by atoms with E-state index < -0.39 is 0 Å². The van der Waals surface area contributed by atoms with Crippen LogP contribution < -0.4 is 5.32 Å². The largest absolute Gasteiger partial charge is 0.379 e. The molecule has 2 fully saturated rings. The molecule has 11 nitrogen and oxygen atoms in total. The van der Waals surface area contributed by atoms with Crippen molar-refractivity contribution in [1.82, 2.24) is 15.1 Å². The van der Waals surface area contributed by atoms with E-state index in [-0.39, 0.29) is 83.8 Å². The first-order valence-electron chi connectivity index (χ1n) is 15.2. The Kier molecular flexibility index (Phi) is 13.8. The van der Waals surface area contributed by atoms with Crippen LogP contribution in [0.5, 0.6) is 0 Å². The number of amides is 5. The zero-order chi connectivity index (χ0) is 31.5. The summed E-state index contributed by atoms with van der Waals surface area (Å²) in [5, 5.41) is 2.76. The molecule has 238 valence electrons. The maximum absolute atomic E-state index is 12.5. The van der Waals surface area contributed by atoms with Gasteiger partial charge in [0.1, 0.15) is 5.78 Å². The van der Waals surface area contributed by atoms with Crippen LogP contribution in [0.4, 0.5) is 0 Å². The molecular weight excluding hydrogens is 542 g/mol. The first kappa shape index (κ1) is 35.5. The number of nitrogens with one attached hydrogen (secondary N) is 1. The van der Waals surface area contributed by atoms with Gasteiger partial charge in [-0.05, 0) is 30.1 Å². The van der Waals surface area contributed by atoms with Gasteiger partial charge in [0.25, 0.3) is 0 Å². The summed E-state index contributed by atoms with van der Waals surface area (Å²) in [4.78, 5) is 76.1. The minimum Gasteiger partial charge on any atom is -0.379 e. The molecule has 0 aliphatic carbocycles. The van der Waals surface area contributed by atoms with Crippen LogP contribution >= 0.6 is 0 Å². The predicted molar refractivity (Wildman–Crippen MR) is 156 cm³/mol. The number of imide groups is 2. The van der Waals surface area contributed by atoms with Crippen LogP contribution in [-0.2, 0) is 38.2 Å². The second-order valence-electron chi connectivity index (χ2n) is 13.4. The highest BCUT2D eigenvalue weighted by molar-refractivity contribution is 6.04. The molecule has 0 aromatic carbocycles. The van der Waals surface area contributed by atoms with E-state index in [9.17, 15) is 28.8 Å². The molecule has 0 aromatic heterocycles. The van der Waals surface area contributed by atoms with Gasteiger partial charge in [-0.25, -0.2) is 0 Å². The van der Waals surface area contributed by atoms with E-state index in [1.165, 1.54) is 9.80 Å². The zero-order valence-electron chi connectivity index (χ0n) is 26.4. The van der Waals surface area contributed by atoms with Gasteiger partial charge in [-0.2, -0.15) is 0 Å². The highest BCUT2D eigenvalue weighted by Gasteiger charge is 2.45. The Morgan fingerprint density at radius 2 is 1.14 bits per heavy atom. The van der Waals surface area contributed by atoms with Crippen LogP contribution in [0.25, 0.3) is 0 Å². The Labute approximate surface area is 250 Å². The Balaban J connectivity index is 1.42. The van der Waals surface area contributed by atoms with Crippen LogP contribution in [-0.4, -0.2) is 91.2 Å². The predicted octanol–water partition coefficient (Wildman–Crippen LogP) is 2.89. The van der Waals surface area contributed by atoms with Gasteiger partial charge in [0.2, 0.25) is 29.5 Å². The number of Topliss-reactive ketones (excluding diaryl/α,β-unsaturated/α-hetero) is 1. The fourth-order valence-electron chi connectivity index (χ4n) is 5.19. The van der Waals surface area contributed by atoms with Crippen molar-refractivity contribution in [3.8, 4) is 0 Å². The summed E-state index contributed by atoms with van der Waals surface area (Å²) in [6.45, 7) is 14.2. The number of hydrogen-bond acceptors (Lipinski definition) is 8. The molecule has 2 atom stereocenters. The van der Waals surface area contributed by atoms with Gasteiger partial charge in [-0.3, -0.25) is 38.6 Å². The minimum absolute atomic E-state index is 0.0878. The summed E-state index contributed by atoms with van der Waals surface area (Å²) in [5.41, 5.74) is -0.515. The molecule has 2 heterocycles. The summed E-state index contributed by atoms with van der Waals surface area (Å²) in [7, 11) is 0. The molecule has 0 saturated carbocycles. The van der Waals surface area contributed by atoms with Crippen molar-refractivity contribution in [2.45, 2.75) is 92.9 Å². The molecule has 2 rings (SSSR count). The lowest BCUT2D eigenvalue weighted by Gasteiger charge is -2.24. The van der Waals surface area contributed by atoms with Crippen molar-refractivity contribution >= 4 is 35.3 Å². The van der Waals surface area contributed by atoms with Crippen molar-refractivity contribution in [3.63, 3.8) is 0 Å². The molecule has 1 N–H and O–H groups in total. The quantitative estimate of drug-likeness (QED) is 0.189. The topological polar surface area (TPSA) is 139 Å². The molecule has 0 aromatic rings. The van der Waals surface area contributed by atoms with Gasteiger partial charge in [0.05, 0.1) is 31.7 Å². The number of ketones is 1. The summed E-state index contributed by atoms with van der Waals surface area (Å²) >= 11 is 0. The van der Waals surface area contributed by atoms with Crippen LogP contribution in [0.3, 0.4) is 0 Å². The zero-order valence-corrected chi connectivity index (χ0v) is 26.4. The lowest BCUT2D eigenvalue weighted by Crippen LogP contribution is -2.35. The Morgan fingerprint density at radius 3 is 1.62 bits per heavy atom. The van der Waals surface area contributed by atoms with Crippen LogP contribution in [0.1, 0.15) is 92.9 Å². The number of nitrogens with zero attached hydrogens (tertiary/aromatic N) is 2. The number of carbonyl (C=O) groups is 6. The number of rotatable bonds is 18. The number of ether oxygens (including phenoxy) is 2. The molecule has 5 amide bonds. The molecule has 2 saturated heterocycles. The normalized spacial score (nSPS) is 19.8. The van der Waals surface area contributed by atoms with Crippen molar-refractivity contribution in [2.75, 3.05) is 46.1 Å². The van der Waals surface area contributed by atoms with E-state index in [1.54, 1.807) is 0 Å². The van der Waals surface area contributed by atoms with Gasteiger partial charge in [0.15, 0.2) is 0 Å². The highest BCUT2D eigenvalue weighted by atomic mass is 16.5. The molecular formula is C31H51N3O8. The molecule has 2 aliphatic heterocycles. The summed E-state index contributed by atoms with van der Waals surface area (Å²) in [5.74, 6) is -1.24. The maximum Gasteiger partial charge on any atom is 0.233 e. The maximum atomic E-state index is 12.5. The standard InChI is InChI=1S/C31H51N3O8/c1-30(2,3)23-20-26(37)33(28(23)39)14-7-10-22(35)11-9-16-41-18-19-42-17-13-32-25(36)12-8-15-34-27(38)21-24(29(34)40)31(4,5)6/h23-24H,7-21H2,1-6H3,(H,32,36). The Hall–Kier alpha value is -2.66. The SMILES string of the molecule is CC(C)(C)C1CC(=O)N(CCCC(=O)CCCOCCOCCNC(=O)CCCN2C(=O)CC(C(C)(C)C)C2=O)C1=O. The molecule has 2 aliphatic rings.